The van der Waals surface area contributed by atoms with E-state index in [1.807, 2.05) is 36.5 Å². The molecule has 0 fully saturated rings. The Hall–Kier alpha value is -3.13. The number of pyridine rings is 1. The van der Waals surface area contributed by atoms with E-state index in [4.69, 9.17) is 11.0 Å². The van der Waals surface area contributed by atoms with E-state index in [9.17, 15) is 0 Å². The first kappa shape index (κ1) is 11.9. The zero-order chi connectivity index (χ0) is 13.9. The monoisotopic (exact) mass is 261 g/mol. The third-order valence-corrected chi connectivity index (χ3v) is 2.91. The molecule has 0 saturated heterocycles. The fraction of sp³-hybridized carbons (Fsp3) is 0. The molecule has 0 unspecified atom stereocenters. The number of benzene rings is 1. The lowest BCUT2D eigenvalue weighted by atomic mass is 10.1. The predicted octanol–water partition coefficient (Wildman–Crippen LogP) is 2.39. The van der Waals surface area contributed by atoms with Gasteiger partial charge in [-0.1, -0.05) is 30.3 Å². The zero-order valence-electron chi connectivity index (χ0n) is 10.6. The summed E-state index contributed by atoms with van der Waals surface area (Å²) in [6, 6.07) is 13.6. The summed E-state index contributed by atoms with van der Waals surface area (Å²) in [5, 5.41) is 13.4. The van der Waals surface area contributed by atoms with Crippen LogP contribution < -0.4 is 5.73 Å². The molecule has 2 aromatic heterocycles. The second-order valence-corrected chi connectivity index (χ2v) is 4.29. The van der Waals surface area contributed by atoms with Gasteiger partial charge in [0, 0.05) is 11.8 Å². The van der Waals surface area contributed by atoms with E-state index in [1.54, 1.807) is 16.9 Å². The number of nitrogen functional groups attached to an aromatic ring is 1. The van der Waals surface area contributed by atoms with Gasteiger partial charge in [-0.25, -0.2) is 9.67 Å². The minimum absolute atomic E-state index is 0.396. The first-order valence-corrected chi connectivity index (χ1v) is 6.04. The van der Waals surface area contributed by atoms with E-state index in [0.717, 1.165) is 11.1 Å². The van der Waals surface area contributed by atoms with Gasteiger partial charge in [0.05, 0.1) is 23.6 Å². The maximum absolute atomic E-state index is 9.14. The highest BCUT2D eigenvalue weighted by Gasteiger charge is 2.09. The Morgan fingerprint density at radius 1 is 1.10 bits per heavy atom. The van der Waals surface area contributed by atoms with Crippen LogP contribution in [0.25, 0.3) is 16.9 Å². The number of nitrogens with zero attached hydrogens (tertiary/aromatic N) is 4. The number of hydrogen-bond acceptors (Lipinski definition) is 4. The number of nitriles is 1. The van der Waals surface area contributed by atoms with Crippen molar-refractivity contribution in [3.05, 3.63) is 60.6 Å². The fourth-order valence-corrected chi connectivity index (χ4v) is 1.96. The number of nitrogens with two attached hydrogens (primary N) is 1. The molecular weight excluding hydrogens is 250 g/mol. The van der Waals surface area contributed by atoms with Gasteiger partial charge in [-0.2, -0.15) is 10.4 Å². The van der Waals surface area contributed by atoms with Crippen molar-refractivity contribution in [2.24, 2.45) is 0 Å². The lowest BCUT2D eigenvalue weighted by Gasteiger charge is -2.03. The maximum Gasteiger partial charge on any atom is 0.171 e. The Morgan fingerprint density at radius 3 is 2.65 bits per heavy atom. The Labute approximate surface area is 115 Å². The lowest BCUT2D eigenvalue weighted by molar-refractivity contribution is 0.844. The number of anilines is 1. The number of rotatable bonds is 2. The van der Waals surface area contributed by atoms with Crippen LogP contribution in [-0.2, 0) is 0 Å². The van der Waals surface area contributed by atoms with E-state index in [1.165, 1.54) is 6.20 Å². The molecule has 0 atom stereocenters. The smallest absolute Gasteiger partial charge is 0.171 e. The molecule has 5 heteroatoms. The van der Waals surface area contributed by atoms with Crippen LogP contribution in [0.1, 0.15) is 5.56 Å². The summed E-state index contributed by atoms with van der Waals surface area (Å²) in [6.07, 6.45) is 5.10. The minimum atomic E-state index is 0.396. The van der Waals surface area contributed by atoms with E-state index >= 15 is 0 Å². The first-order valence-electron chi connectivity index (χ1n) is 6.04. The van der Waals surface area contributed by atoms with Crippen molar-refractivity contribution in [1.29, 1.82) is 5.26 Å². The van der Waals surface area contributed by atoms with Gasteiger partial charge in [-0.15, -0.1) is 0 Å². The van der Waals surface area contributed by atoms with Crippen LogP contribution in [0.5, 0.6) is 0 Å². The Bertz CT molecular complexity index is 784. The average Bonchev–Trinajstić information content (AvgIpc) is 2.97. The van der Waals surface area contributed by atoms with Crippen molar-refractivity contribution in [3.63, 3.8) is 0 Å². The van der Waals surface area contributed by atoms with Crippen molar-refractivity contribution in [2.45, 2.75) is 0 Å². The van der Waals surface area contributed by atoms with E-state index in [-0.39, 0.29) is 0 Å². The van der Waals surface area contributed by atoms with Crippen molar-refractivity contribution >= 4 is 5.69 Å². The topological polar surface area (TPSA) is 80.5 Å². The Morgan fingerprint density at radius 2 is 1.90 bits per heavy atom. The molecule has 3 rings (SSSR count). The summed E-state index contributed by atoms with van der Waals surface area (Å²) in [4.78, 5) is 4.18. The molecule has 20 heavy (non-hydrogen) atoms. The lowest BCUT2D eigenvalue weighted by Crippen LogP contribution is -2.02. The molecule has 2 heterocycles. The third kappa shape index (κ3) is 2.10. The van der Waals surface area contributed by atoms with Gasteiger partial charge in [0.15, 0.2) is 5.82 Å². The number of aromatic nitrogens is 3. The van der Waals surface area contributed by atoms with Crippen LogP contribution in [-0.4, -0.2) is 14.8 Å². The van der Waals surface area contributed by atoms with E-state index in [2.05, 4.69) is 16.2 Å². The second-order valence-electron chi connectivity index (χ2n) is 4.29. The van der Waals surface area contributed by atoms with E-state index < -0.39 is 0 Å². The molecule has 0 bridgehead atoms. The summed E-state index contributed by atoms with van der Waals surface area (Å²) in [5.41, 5.74) is 8.52. The molecule has 0 aliphatic heterocycles. The van der Waals surface area contributed by atoms with Gasteiger partial charge < -0.3 is 5.73 Å². The molecule has 0 aliphatic rings. The molecule has 0 saturated carbocycles. The van der Waals surface area contributed by atoms with Gasteiger partial charge in [0.1, 0.15) is 6.07 Å². The molecule has 96 valence electrons. The minimum Gasteiger partial charge on any atom is -0.397 e. The van der Waals surface area contributed by atoms with Gasteiger partial charge in [0.2, 0.25) is 0 Å². The van der Waals surface area contributed by atoms with Gasteiger partial charge >= 0.3 is 0 Å². The highest BCUT2D eigenvalue weighted by Crippen LogP contribution is 2.20. The normalized spacial score (nSPS) is 10.2. The summed E-state index contributed by atoms with van der Waals surface area (Å²) in [6.45, 7) is 0. The van der Waals surface area contributed by atoms with Crippen LogP contribution in [0.3, 0.4) is 0 Å². The molecule has 2 N–H and O–H groups in total. The van der Waals surface area contributed by atoms with Crippen LogP contribution in [0.15, 0.2) is 55.0 Å². The van der Waals surface area contributed by atoms with Crippen LogP contribution in [0.4, 0.5) is 5.69 Å². The Kier molecular flexibility index (Phi) is 2.90. The molecule has 0 aliphatic carbocycles. The van der Waals surface area contributed by atoms with E-state index in [0.29, 0.717) is 17.1 Å². The van der Waals surface area contributed by atoms with Crippen LogP contribution in [0.2, 0.25) is 0 Å². The molecule has 0 spiro atoms. The summed E-state index contributed by atoms with van der Waals surface area (Å²) in [7, 11) is 0. The van der Waals surface area contributed by atoms with Crippen molar-refractivity contribution in [3.8, 4) is 23.0 Å². The molecule has 1 aromatic carbocycles. The SMILES string of the molecule is N#Cc1cc(N)cnc1-n1cc(-c2ccccc2)cn1. The predicted molar refractivity (Wildman–Crippen MR) is 75.9 cm³/mol. The van der Waals surface area contributed by atoms with Crippen molar-refractivity contribution < 1.29 is 0 Å². The summed E-state index contributed by atoms with van der Waals surface area (Å²) < 4.78 is 1.58. The van der Waals surface area contributed by atoms with Crippen LogP contribution in [0, 0.1) is 11.3 Å². The Balaban J connectivity index is 2.05. The molecule has 5 nitrogen and oxygen atoms in total. The summed E-state index contributed by atoms with van der Waals surface area (Å²) >= 11 is 0. The van der Waals surface area contributed by atoms with Crippen molar-refractivity contribution in [1.82, 2.24) is 14.8 Å². The highest BCUT2D eigenvalue weighted by atomic mass is 15.3. The third-order valence-electron chi connectivity index (χ3n) is 2.91. The average molecular weight is 261 g/mol. The molecular formula is C15H11N5. The van der Waals surface area contributed by atoms with Crippen molar-refractivity contribution in [2.75, 3.05) is 5.73 Å². The molecule has 0 amide bonds. The molecule has 0 radical (unpaired) electrons. The standard InChI is InChI=1S/C15H11N5/c16-7-12-6-14(17)9-18-15(12)20-10-13(8-19-20)11-4-2-1-3-5-11/h1-6,8-10H,17H2. The largest absolute Gasteiger partial charge is 0.397 e. The first-order chi connectivity index (χ1) is 9.78. The second kappa shape index (κ2) is 4.86. The zero-order valence-corrected chi connectivity index (χ0v) is 10.6. The summed E-state index contributed by atoms with van der Waals surface area (Å²) in [5.74, 6) is 0.476. The van der Waals surface area contributed by atoms with Gasteiger partial charge in [0.25, 0.3) is 0 Å². The quantitative estimate of drug-likeness (QED) is 0.768. The highest BCUT2D eigenvalue weighted by molar-refractivity contribution is 5.62. The number of hydrogen-bond donors (Lipinski definition) is 1. The molecule has 3 aromatic rings. The van der Waals surface area contributed by atoms with Gasteiger partial charge in [-0.05, 0) is 11.6 Å². The fourth-order valence-electron chi connectivity index (χ4n) is 1.96. The van der Waals surface area contributed by atoms with Crippen LogP contribution >= 0.6 is 0 Å². The maximum atomic E-state index is 9.14. The van der Waals surface area contributed by atoms with Gasteiger partial charge in [-0.3, -0.25) is 0 Å².